The van der Waals surface area contributed by atoms with Crippen LogP contribution >= 0.6 is 0 Å². The van der Waals surface area contributed by atoms with Gasteiger partial charge in [0.1, 0.15) is 5.82 Å². The van der Waals surface area contributed by atoms with E-state index in [1.807, 2.05) is 6.92 Å². The molecule has 0 aromatic carbocycles. The highest BCUT2D eigenvalue weighted by molar-refractivity contribution is 5.76. The van der Waals surface area contributed by atoms with Crippen molar-refractivity contribution in [1.82, 2.24) is 9.97 Å². The summed E-state index contributed by atoms with van der Waals surface area (Å²) in [6, 6.07) is 0. The zero-order valence-corrected chi connectivity index (χ0v) is 9.23. The molecule has 1 aromatic heterocycles. The number of aromatic nitrogens is 2. The van der Waals surface area contributed by atoms with Crippen LogP contribution in [-0.2, 0) is 4.79 Å². The van der Waals surface area contributed by atoms with Gasteiger partial charge in [-0.3, -0.25) is 9.78 Å². The first-order valence-electron chi connectivity index (χ1n) is 5.39. The van der Waals surface area contributed by atoms with E-state index in [1.165, 1.54) is 0 Å². The van der Waals surface area contributed by atoms with E-state index in [0.717, 1.165) is 25.0 Å². The zero-order valence-electron chi connectivity index (χ0n) is 9.23. The first kappa shape index (κ1) is 10.9. The van der Waals surface area contributed by atoms with Crippen LogP contribution in [0.2, 0.25) is 0 Å². The van der Waals surface area contributed by atoms with E-state index in [1.54, 1.807) is 12.4 Å². The van der Waals surface area contributed by atoms with Crippen molar-refractivity contribution in [2.24, 2.45) is 5.41 Å². The number of carbonyl (C=O) groups is 1. The maximum absolute atomic E-state index is 11.1. The Morgan fingerprint density at radius 2 is 2.19 bits per heavy atom. The fraction of sp³-hybridized carbons (Fsp3) is 0.545. The van der Waals surface area contributed by atoms with Crippen molar-refractivity contribution in [3.8, 4) is 0 Å². The number of hydrogen-bond donors (Lipinski definition) is 2. The van der Waals surface area contributed by atoms with Gasteiger partial charge in [0.15, 0.2) is 0 Å². The molecule has 0 aliphatic heterocycles. The maximum Gasteiger partial charge on any atom is 0.311 e. The molecule has 0 spiro atoms. The van der Waals surface area contributed by atoms with Crippen LogP contribution in [0.5, 0.6) is 0 Å². The van der Waals surface area contributed by atoms with Crippen LogP contribution in [0.4, 0.5) is 5.82 Å². The van der Waals surface area contributed by atoms with Gasteiger partial charge in [-0.1, -0.05) is 6.42 Å². The van der Waals surface area contributed by atoms with E-state index in [2.05, 4.69) is 15.3 Å². The monoisotopic (exact) mass is 221 g/mol. The fourth-order valence-corrected chi connectivity index (χ4v) is 1.90. The Labute approximate surface area is 93.9 Å². The van der Waals surface area contributed by atoms with Crippen LogP contribution in [0.25, 0.3) is 0 Å². The first-order chi connectivity index (χ1) is 7.64. The quantitative estimate of drug-likeness (QED) is 0.804. The summed E-state index contributed by atoms with van der Waals surface area (Å²) in [4.78, 5) is 19.4. The van der Waals surface area contributed by atoms with Crippen molar-refractivity contribution >= 4 is 11.8 Å². The van der Waals surface area contributed by atoms with Gasteiger partial charge in [0, 0.05) is 18.9 Å². The summed E-state index contributed by atoms with van der Waals surface area (Å²) < 4.78 is 0. The molecule has 0 radical (unpaired) electrons. The van der Waals surface area contributed by atoms with Gasteiger partial charge in [0.25, 0.3) is 0 Å². The molecule has 1 saturated carbocycles. The molecule has 86 valence electrons. The number of rotatable bonds is 4. The van der Waals surface area contributed by atoms with E-state index in [9.17, 15) is 4.79 Å². The second-order valence-corrected chi connectivity index (χ2v) is 4.28. The summed E-state index contributed by atoms with van der Waals surface area (Å²) >= 11 is 0. The molecule has 1 aromatic rings. The van der Waals surface area contributed by atoms with Crippen molar-refractivity contribution in [2.75, 3.05) is 11.9 Å². The smallest absolute Gasteiger partial charge is 0.311 e. The first-order valence-corrected chi connectivity index (χ1v) is 5.39. The van der Waals surface area contributed by atoms with Gasteiger partial charge in [-0.25, -0.2) is 4.98 Å². The molecule has 0 bridgehead atoms. The minimum Gasteiger partial charge on any atom is -0.481 e. The number of hydrogen-bond acceptors (Lipinski definition) is 4. The Hall–Kier alpha value is -1.65. The van der Waals surface area contributed by atoms with Crippen LogP contribution in [0.3, 0.4) is 0 Å². The van der Waals surface area contributed by atoms with Crippen molar-refractivity contribution in [3.63, 3.8) is 0 Å². The number of nitrogens with zero attached hydrogens (tertiary/aromatic N) is 2. The van der Waals surface area contributed by atoms with Crippen LogP contribution in [0.1, 0.15) is 25.0 Å². The van der Waals surface area contributed by atoms with Crippen molar-refractivity contribution < 1.29 is 9.90 Å². The van der Waals surface area contributed by atoms with Gasteiger partial charge >= 0.3 is 5.97 Å². The lowest BCUT2D eigenvalue weighted by Crippen LogP contribution is -2.43. The Kier molecular flexibility index (Phi) is 2.77. The molecule has 1 heterocycles. The molecular weight excluding hydrogens is 206 g/mol. The average molecular weight is 221 g/mol. The second kappa shape index (κ2) is 4.08. The molecule has 5 heteroatoms. The maximum atomic E-state index is 11.1. The van der Waals surface area contributed by atoms with Gasteiger partial charge in [0.2, 0.25) is 0 Å². The number of carboxylic acid groups (broad SMARTS) is 1. The molecule has 1 aliphatic rings. The van der Waals surface area contributed by atoms with Gasteiger partial charge < -0.3 is 10.4 Å². The summed E-state index contributed by atoms with van der Waals surface area (Å²) in [5, 5.41) is 12.2. The standard InChI is InChI=1S/C11H15N3O2/c1-8-9(13-6-5-12-8)14-7-11(10(15)16)3-2-4-11/h5-6H,2-4,7H2,1H3,(H,13,14)(H,15,16). The van der Waals surface area contributed by atoms with Crippen LogP contribution in [0, 0.1) is 12.3 Å². The van der Waals surface area contributed by atoms with Gasteiger partial charge in [-0.2, -0.15) is 0 Å². The Balaban J connectivity index is 2.02. The third-order valence-electron chi connectivity index (χ3n) is 3.24. The lowest BCUT2D eigenvalue weighted by Gasteiger charge is -2.37. The Morgan fingerprint density at radius 1 is 1.50 bits per heavy atom. The van der Waals surface area contributed by atoms with E-state index < -0.39 is 11.4 Å². The largest absolute Gasteiger partial charge is 0.481 e. The summed E-state index contributed by atoms with van der Waals surface area (Å²) in [7, 11) is 0. The molecule has 0 atom stereocenters. The van der Waals surface area contributed by atoms with E-state index >= 15 is 0 Å². The van der Waals surface area contributed by atoms with E-state index in [-0.39, 0.29) is 0 Å². The predicted octanol–water partition coefficient (Wildman–Crippen LogP) is 1.45. The molecule has 0 amide bonds. The lowest BCUT2D eigenvalue weighted by molar-refractivity contribution is -0.153. The van der Waals surface area contributed by atoms with Crippen molar-refractivity contribution in [3.05, 3.63) is 18.1 Å². The number of aryl methyl sites for hydroxylation is 1. The molecule has 0 saturated heterocycles. The molecule has 1 fully saturated rings. The molecule has 1 aliphatic carbocycles. The van der Waals surface area contributed by atoms with Gasteiger partial charge in [-0.05, 0) is 19.8 Å². The van der Waals surface area contributed by atoms with Crippen LogP contribution in [0.15, 0.2) is 12.4 Å². The fourth-order valence-electron chi connectivity index (χ4n) is 1.90. The molecule has 16 heavy (non-hydrogen) atoms. The third-order valence-corrected chi connectivity index (χ3v) is 3.24. The normalized spacial score (nSPS) is 17.6. The molecule has 2 rings (SSSR count). The highest BCUT2D eigenvalue weighted by atomic mass is 16.4. The molecule has 2 N–H and O–H groups in total. The minimum absolute atomic E-state index is 0.432. The summed E-state index contributed by atoms with van der Waals surface area (Å²) in [6.45, 7) is 2.28. The Morgan fingerprint density at radius 3 is 2.69 bits per heavy atom. The molecular formula is C11H15N3O2. The number of aliphatic carboxylic acids is 1. The highest BCUT2D eigenvalue weighted by Crippen LogP contribution is 2.41. The third kappa shape index (κ3) is 1.85. The van der Waals surface area contributed by atoms with Crippen LogP contribution < -0.4 is 5.32 Å². The predicted molar refractivity (Wildman–Crippen MR) is 59.2 cm³/mol. The van der Waals surface area contributed by atoms with E-state index in [4.69, 9.17) is 5.11 Å². The van der Waals surface area contributed by atoms with Crippen LogP contribution in [-0.4, -0.2) is 27.6 Å². The van der Waals surface area contributed by atoms with Gasteiger partial charge in [-0.15, -0.1) is 0 Å². The zero-order chi connectivity index (χ0) is 11.6. The number of anilines is 1. The summed E-state index contributed by atoms with van der Waals surface area (Å²) in [6.07, 6.45) is 5.71. The number of carboxylic acids is 1. The Bertz CT molecular complexity index is 402. The minimum atomic E-state index is -0.715. The molecule has 0 unspecified atom stereocenters. The second-order valence-electron chi connectivity index (χ2n) is 4.28. The lowest BCUT2D eigenvalue weighted by atomic mass is 9.69. The highest BCUT2D eigenvalue weighted by Gasteiger charge is 2.44. The van der Waals surface area contributed by atoms with Crippen molar-refractivity contribution in [2.45, 2.75) is 26.2 Å². The summed E-state index contributed by atoms with van der Waals surface area (Å²) in [5.74, 6) is -0.0391. The van der Waals surface area contributed by atoms with Crippen molar-refractivity contribution in [1.29, 1.82) is 0 Å². The van der Waals surface area contributed by atoms with Gasteiger partial charge in [0.05, 0.1) is 11.1 Å². The number of nitrogens with one attached hydrogen (secondary N) is 1. The molecule has 5 nitrogen and oxygen atoms in total. The SMILES string of the molecule is Cc1nccnc1NCC1(C(=O)O)CCC1. The average Bonchev–Trinajstić information content (AvgIpc) is 2.18. The summed E-state index contributed by atoms with van der Waals surface area (Å²) in [5.41, 5.74) is 0.201. The van der Waals surface area contributed by atoms with E-state index in [0.29, 0.717) is 12.4 Å². The topological polar surface area (TPSA) is 75.1 Å².